The van der Waals surface area contributed by atoms with Crippen LogP contribution in [0.4, 0.5) is 18.9 Å². The van der Waals surface area contributed by atoms with E-state index in [1.165, 1.54) is 4.90 Å². The van der Waals surface area contributed by atoms with Gasteiger partial charge in [0, 0.05) is 29.2 Å². The highest BCUT2D eigenvalue weighted by Crippen LogP contribution is 2.36. The Morgan fingerprint density at radius 3 is 2.61 bits per heavy atom. The fourth-order valence-electron chi connectivity index (χ4n) is 1.93. The topological polar surface area (TPSA) is 16.1 Å². The Morgan fingerprint density at radius 2 is 2.11 bits per heavy atom. The van der Waals surface area contributed by atoms with Crippen molar-refractivity contribution in [2.75, 3.05) is 11.4 Å². The van der Waals surface area contributed by atoms with E-state index >= 15 is 0 Å². The van der Waals surface area contributed by atoms with Gasteiger partial charge in [0.25, 0.3) is 0 Å². The van der Waals surface area contributed by atoms with Gasteiger partial charge in [-0.15, -0.1) is 11.6 Å². The molecule has 0 N–H and O–H groups in total. The third-order valence-corrected chi connectivity index (χ3v) is 3.18. The second-order valence-corrected chi connectivity index (χ2v) is 4.83. The van der Waals surface area contributed by atoms with E-state index in [-0.39, 0.29) is 11.9 Å². The number of pyridine rings is 1. The number of hydrogen-bond donors (Lipinski definition) is 0. The number of anilines is 1. The SMILES string of the molecule is Cc1cc(N(CC(F)(F)F)C2CC2)c(CCl)cn1. The van der Waals surface area contributed by atoms with Gasteiger partial charge in [-0.25, -0.2) is 0 Å². The van der Waals surface area contributed by atoms with Crippen molar-refractivity contribution < 1.29 is 13.2 Å². The molecule has 1 aromatic rings. The summed E-state index contributed by atoms with van der Waals surface area (Å²) in [6.45, 7) is 0.838. The monoisotopic (exact) mass is 278 g/mol. The lowest BCUT2D eigenvalue weighted by atomic mass is 10.2. The molecule has 6 heteroatoms. The highest BCUT2D eigenvalue weighted by molar-refractivity contribution is 6.17. The number of halogens is 4. The zero-order chi connectivity index (χ0) is 13.3. The molecule has 0 amide bonds. The summed E-state index contributed by atoms with van der Waals surface area (Å²) >= 11 is 5.78. The molecule has 1 heterocycles. The van der Waals surface area contributed by atoms with Gasteiger partial charge in [0.2, 0.25) is 0 Å². The van der Waals surface area contributed by atoms with Crippen LogP contribution in [0, 0.1) is 6.92 Å². The van der Waals surface area contributed by atoms with Crippen LogP contribution in [0.3, 0.4) is 0 Å². The maximum absolute atomic E-state index is 12.6. The molecule has 2 rings (SSSR count). The van der Waals surface area contributed by atoms with Crippen LogP contribution < -0.4 is 4.90 Å². The minimum atomic E-state index is -4.21. The quantitative estimate of drug-likeness (QED) is 0.782. The summed E-state index contributed by atoms with van der Waals surface area (Å²) in [5, 5.41) is 0. The third-order valence-electron chi connectivity index (χ3n) is 2.89. The Labute approximate surface area is 109 Å². The number of aromatic nitrogens is 1. The lowest BCUT2D eigenvalue weighted by molar-refractivity contribution is -0.120. The molecule has 1 fully saturated rings. The first-order valence-electron chi connectivity index (χ1n) is 5.75. The van der Waals surface area contributed by atoms with Crippen molar-refractivity contribution in [3.05, 3.63) is 23.5 Å². The van der Waals surface area contributed by atoms with Gasteiger partial charge >= 0.3 is 6.18 Å². The van der Waals surface area contributed by atoms with Crippen molar-refractivity contribution in [2.24, 2.45) is 0 Å². The van der Waals surface area contributed by atoms with Crippen molar-refractivity contribution in [3.63, 3.8) is 0 Å². The Morgan fingerprint density at radius 1 is 1.44 bits per heavy atom. The van der Waals surface area contributed by atoms with Gasteiger partial charge in [0.15, 0.2) is 0 Å². The Bertz CT molecular complexity index is 430. The molecule has 0 radical (unpaired) electrons. The average Bonchev–Trinajstić information content (AvgIpc) is 3.08. The van der Waals surface area contributed by atoms with Crippen LogP contribution in [0.25, 0.3) is 0 Å². The van der Waals surface area contributed by atoms with Gasteiger partial charge in [-0.2, -0.15) is 13.2 Å². The summed E-state index contributed by atoms with van der Waals surface area (Å²) in [6.07, 6.45) is -1.04. The van der Waals surface area contributed by atoms with Gasteiger partial charge in [-0.1, -0.05) is 0 Å². The van der Waals surface area contributed by atoms with E-state index in [1.807, 2.05) is 0 Å². The summed E-state index contributed by atoms with van der Waals surface area (Å²) in [6, 6.07) is 1.66. The minimum Gasteiger partial charge on any atom is -0.359 e. The zero-order valence-electron chi connectivity index (χ0n) is 9.97. The van der Waals surface area contributed by atoms with Gasteiger partial charge in [-0.05, 0) is 25.8 Å². The molecule has 0 aromatic carbocycles. The summed E-state index contributed by atoms with van der Waals surface area (Å²) in [5.41, 5.74) is 1.92. The van der Waals surface area contributed by atoms with Gasteiger partial charge in [0.1, 0.15) is 6.54 Å². The normalized spacial score (nSPS) is 15.8. The van der Waals surface area contributed by atoms with E-state index in [0.29, 0.717) is 16.9 Å². The first kappa shape index (κ1) is 13.5. The maximum atomic E-state index is 12.6. The molecule has 1 aromatic heterocycles. The number of nitrogens with zero attached hydrogens (tertiary/aromatic N) is 2. The molecule has 0 atom stereocenters. The third kappa shape index (κ3) is 3.28. The lowest BCUT2D eigenvalue weighted by Crippen LogP contribution is -2.36. The molecular weight excluding hydrogens is 265 g/mol. The van der Waals surface area contributed by atoms with Crippen LogP contribution in [0.1, 0.15) is 24.1 Å². The zero-order valence-corrected chi connectivity index (χ0v) is 10.7. The Hall–Kier alpha value is -0.970. The highest BCUT2D eigenvalue weighted by atomic mass is 35.5. The van der Waals surface area contributed by atoms with E-state index in [2.05, 4.69) is 4.98 Å². The summed E-state index contributed by atoms with van der Waals surface area (Å²) in [7, 11) is 0. The molecule has 18 heavy (non-hydrogen) atoms. The molecule has 0 aliphatic heterocycles. The standard InChI is InChI=1S/C12H14ClF3N2/c1-8-4-11(9(5-13)6-17-8)18(10-2-3-10)7-12(14,15)16/h4,6,10H,2-3,5,7H2,1H3. The maximum Gasteiger partial charge on any atom is 0.405 e. The summed E-state index contributed by atoms with van der Waals surface area (Å²) in [4.78, 5) is 5.49. The summed E-state index contributed by atoms with van der Waals surface area (Å²) in [5.74, 6) is 0.170. The van der Waals surface area contributed by atoms with E-state index in [9.17, 15) is 13.2 Å². The predicted octanol–water partition coefficient (Wildman–Crippen LogP) is 3.66. The fourth-order valence-corrected chi connectivity index (χ4v) is 2.14. The molecule has 1 aliphatic carbocycles. The predicted molar refractivity (Wildman–Crippen MR) is 65.0 cm³/mol. The molecule has 1 saturated carbocycles. The van der Waals surface area contributed by atoms with Crippen molar-refractivity contribution in [2.45, 2.75) is 37.9 Å². The molecule has 100 valence electrons. The van der Waals surface area contributed by atoms with Crippen LogP contribution in [-0.4, -0.2) is 23.7 Å². The second kappa shape index (κ2) is 4.96. The first-order chi connectivity index (χ1) is 8.40. The molecular formula is C12H14ClF3N2. The van der Waals surface area contributed by atoms with E-state index < -0.39 is 12.7 Å². The average molecular weight is 279 g/mol. The number of rotatable bonds is 4. The van der Waals surface area contributed by atoms with Crippen LogP contribution >= 0.6 is 11.6 Å². The smallest absolute Gasteiger partial charge is 0.359 e. The van der Waals surface area contributed by atoms with Crippen molar-refractivity contribution in [1.29, 1.82) is 0 Å². The van der Waals surface area contributed by atoms with Crippen LogP contribution in [0.5, 0.6) is 0 Å². The second-order valence-electron chi connectivity index (χ2n) is 4.56. The Kier molecular flexibility index (Phi) is 3.71. The number of alkyl halides is 4. The summed E-state index contributed by atoms with van der Waals surface area (Å²) < 4.78 is 37.9. The molecule has 0 bridgehead atoms. The van der Waals surface area contributed by atoms with E-state index in [0.717, 1.165) is 12.8 Å². The fraction of sp³-hybridized carbons (Fsp3) is 0.583. The largest absolute Gasteiger partial charge is 0.405 e. The minimum absolute atomic E-state index is 0.0182. The molecule has 0 saturated heterocycles. The van der Waals surface area contributed by atoms with E-state index in [1.54, 1.807) is 19.2 Å². The Balaban J connectivity index is 2.32. The van der Waals surface area contributed by atoms with E-state index in [4.69, 9.17) is 11.6 Å². The van der Waals surface area contributed by atoms with Gasteiger partial charge in [0.05, 0.1) is 5.88 Å². The van der Waals surface area contributed by atoms with Gasteiger partial charge < -0.3 is 4.90 Å². The highest BCUT2D eigenvalue weighted by Gasteiger charge is 2.38. The molecule has 2 nitrogen and oxygen atoms in total. The van der Waals surface area contributed by atoms with Crippen LogP contribution in [-0.2, 0) is 5.88 Å². The first-order valence-corrected chi connectivity index (χ1v) is 6.29. The van der Waals surface area contributed by atoms with Crippen molar-refractivity contribution >= 4 is 17.3 Å². The van der Waals surface area contributed by atoms with Crippen molar-refractivity contribution in [1.82, 2.24) is 4.98 Å². The number of hydrogen-bond acceptors (Lipinski definition) is 2. The lowest BCUT2D eigenvalue weighted by Gasteiger charge is -2.27. The number of aryl methyl sites for hydroxylation is 1. The van der Waals surface area contributed by atoms with Crippen molar-refractivity contribution in [3.8, 4) is 0 Å². The molecule has 0 spiro atoms. The molecule has 1 aliphatic rings. The van der Waals surface area contributed by atoms with Gasteiger partial charge in [-0.3, -0.25) is 4.98 Å². The van der Waals surface area contributed by atoms with Crippen LogP contribution in [0.15, 0.2) is 12.3 Å². The molecule has 0 unspecified atom stereocenters. The van der Waals surface area contributed by atoms with Crippen LogP contribution in [0.2, 0.25) is 0 Å².